The third-order valence-electron chi connectivity index (χ3n) is 3.32. The zero-order chi connectivity index (χ0) is 14.4. The highest BCUT2D eigenvalue weighted by Crippen LogP contribution is 2.26. The molecule has 1 aliphatic carbocycles. The average molecular weight is 297 g/mol. The molecule has 6 heteroatoms. The van der Waals surface area contributed by atoms with E-state index in [0.29, 0.717) is 17.2 Å². The van der Waals surface area contributed by atoms with Crippen LogP contribution in [0, 0.1) is 5.92 Å². The number of nitrogens with one attached hydrogen (secondary N) is 1. The van der Waals surface area contributed by atoms with Crippen molar-refractivity contribution < 1.29 is 19.2 Å². The van der Waals surface area contributed by atoms with E-state index in [1.807, 2.05) is 6.92 Å². The second-order valence-corrected chi connectivity index (χ2v) is 5.65. The van der Waals surface area contributed by atoms with E-state index in [2.05, 4.69) is 5.48 Å². The summed E-state index contributed by atoms with van der Waals surface area (Å²) in [4.78, 5) is 29.1. The van der Waals surface area contributed by atoms with E-state index >= 15 is 0 Å². The second kappa shape index (κ2) is 7.28. The van der Waals surface area contributed by atoms with Crippen LogP contribution >= 0.6 is 11.3 Å². The predicted molar refractivity (Wildman–Crippen MR) is 75.6 cm³/mol. The number of amides is 1. The van der Waals surface area contributed by atoms with Crippen molar-refractivity contribution in [2.24, 2.45) is 5.92 Å². The maximum atomic E-state index is 11.9. The molecule has 0 unspecified atom stereocenters. The lowest BCUT2D eigenvalue weighted by atomic mass is 9.89. The topological polar surface area (TPSA) is 64.6 Å². The molecule has 1 aromatic heterocycles. The minimum Gasteiger partial charge on any atom is -0.492 e. The summed E-state index contributed by atoms with van der Waals surface area (Å²) in [5, 5.41) is 1.77. The van der Waals surface area contributed by atoms with Crippen molar-refractivity contribution in [3.63, 3.8) is 0 Å². The Bertz CT molecular complexity index is 465. The van der Waals surface area contributed by atoms with Crippen molar-refractivity contribution >= 4 is 23.2 Å². The lowest BCUT2D eigenvalue weighted by Gasteiger charge is -2.19. The molecule has 1 amide bonds. The van der Waals surface area contributed by atoms with Crippen molar-refractivity contribution in [3.8, 4) is 5.75 Å². The Morgan fingerprint density at radius 1 is 1.35 bits per heavy atom. The predicted octanol–water partition coefficient (Wildman–Crippen LogP) is 2.92. The van der Waals surface area contributed by atoms with Gasteiger partial charge in [-0.3, -0.25) is 4.79 Å². The van der Waals surface area contributed by atoms with Gasteiger partial charge in [0.1, 0.15) is 10.6 Å². The smallest absolute Gasteiger partial charge is 0.335 e. The quantitative estimate of drug-likeness (QED) is 0.868. The van der Waals surface area contributed by atoms with Crippen molar-refractivity contribution in [2.45, 2.75) is 39.0 Å². The molecule has 0 saturated heterocycles. The van der Waals surface area contributed by atoms with Gasteiger partial charge in [-0.1, -0.05) is 19.3 Å². The number of hydrogen-bond acceptors (Lipinski definition) is 5. The maximum absolute atomic E-state index is 11.9. The third kappa shape index (κ3) is 3.72. The first-order chi connectivity index (χ1) is 9.72. The summed E-state index contributed by atoms with van der Waals surface area (Å²) in [6.07, 6.45) is 4.96. The zero-order valence-corrected chi connectivity index (χ0v) is 12.3. The number of carbonyl (C=O) groups is 2. The van der Waals surface area contributed by atoms with E-state index in [0.717, 1.165) is 25.7 Å². The van der Waals surface area contributed by atoms with Crippen molar-refractivity contribution in [2.75, 3.05) is 6.61 Å². The molecule has 1 fully saturated rings. The van der Waals surface area contributed by atoms with Gasteiger partial charge in [0.15, 0.2) is 0 Å². The van der Waals surface area contributed by atoms with Crippen LogP contribution in [0.2, 0.25) is 0 Å². The van der Waals surface area contributed by atoms with Crippen LogP contribution in [0.15, 0.2) is 11.4 Å². The number of rotatable bonds is 4. The molecule has 1 heterocycles. The van der Waals surface area contributed by atoms with E-state index in [-0.39, 0.29) is 11.9 Å². The fourth-order valence-electron chi connectivity index (χ4n) is 2.30. The Morgan fingerprint density at radius 3 is 2.80 bits per heavy atom. The highest BCUT2D eigenvalue weighted by Gasteiger charge is 2.24. The Kier molecular flexibility index (Phi) is 5.40. The van der Waals surface area contributed by atoms with Crippen LogP contribution in [0.5, 0.6) is 5.75 Å². The van der Waals surface area contributed by atoms with Gasteiger partial charge in [0.2, 0.25) is 0 Å². The highest BCUT2D eigenvalue weighted by molar-refractivity contribution is 7.12. The molecule has 20 heavy (non-hydrogen) atoms. The number of thiophene rings is 1. The molecule has 0 radical (unpaired) electrons. The van der Waals surface area contributed by atoms with Gasteiger partial charge >= 0.3 is 5.97 Å². The Labute approximate surface area is 122 Å². The maximum Gasteiger partial charge on any atom is 0.335 e. The minimum atomic E-state index is -0.437. The van der Waals surface area contributed by atoms with Gasteiger partial charge < -0.3 is 9.57 Å². The number of hydroxylamine groups is 1. The second-order valence-electron chi connectivity index (χ2n) is 4.73. The summed E-state index contributed by atoms with van der Waals surface area (Å²) in [7, 11) is 0. The van der Waals surface area contributed by atoms with Crippen molar-refractivity contribution in [1.29, 1.82) is 0 Å². The Morgan fingerprint density at radius 2 is 2.10 bits per heavy atom. The number of ether oxygens (including phenoxy) is 1. The zero-order valence-electron chi connectivity index (χ0n) is 11.5. The van der Waals surface area contributed by atoms with Gasteiger partial charge in [-0.2, -0.15) is 5.48 Å². The van der Waals surface area contributed by atoms with Gasteiger partial charge in [0.05, 0.1) is 12.5 Å². The minimum absolute atomic E-state index is 0.0845. The molecule has 110 valence electrons. The largest absolute Gasteiger partial charge is 0.492 e. The summed E-state index contributed by atoms with van der Waals surface area (Å²) in [5.74, 6) is -0.345. The van der Waals surface area contributed by atoms with Gasteiger partial charge in [-0.05, 0) is 31.2 Å². The molecule has 1 aromatic rings. The molecule has 1 N–H and O–H groups in total. The lowest BCUT2D eigenvalue weighted by Crippen LogP contribution is -2.31. The third-order valence-corrected chi connectivity index (χ3v) is 4.21. The standard InChI is InChI=1S/C14H19NO4S/c1-2-18-11-8-9-20-12(11)13(16)15-19-14(17)10-6-4-3-5-7-10/h8-10H,2-7H2,1H3,(H,15,16). The lowest BCUT2D eigenvalue weighted by molar-refractivity contribution is -0.155. The van der Waals surface area contributed by atoms with E-state index in [4.69, 9.17) is 9.57 Å². The summed E-state index contributed by atoms with van der Waals surface area (Å²) >= 11 is 1.26. The molecule has 0 spiro atoms. The van der Waals surface area contributed by atoms with Gasteiger partial charge in [0.25, 0.3) is 5.91 Å². The van der Waals surface area contributed by atoms with Crippen molar-refractivity contribution in [1.82, 2.24) is 5.48 Å². The first kappa shape index (κ1) is 14.8. The van der Waals surface area contributed by atoms with E-state index in [9.17, 15) is 9.59 Å². The number of carbonyl (C=O) groups excluding carboxylic acids is 2. The molecule has 0 aromatic carbocycles. The molecule has 2 rings (SSSR count). The fraction of sp³-hybridized carbons (Fsp3) is 0.571. The summed E-state index contributed by atoms with van der Waals surface area (Å²) < 4.78 is 5.33. The highest BCUT2D eigenvalue weighted by atomic mass is 32.1. The molecule has 0 bridgehead atoms. The first-order valence-corrected chi connectivity index (χ1v) is 7.81. The SMILES string of the molecule is CCOc1ccsc1C(=O)NOC(=O)C1CCCCC1. The summed E-state index contributed by atoms with van der Waals surface area (Å²) in [5.41, 5.74) is 2.22. The van der Waals surface area contributed by atoms with E-state index < -0.39 is 5.91 Å². The molecular weight excluding hydrogens is 278 g/mol. The van der Waals surface area contributed by atoms with Crippen LogP contribution in [-0.2, 0) is 9.63 Å². The Balaban J connectivity index is 1.85. The van der Waals surface area contributed by atoms with Crippen LogP contribution in [0.4, 0.5) is 0 Å². The van der Waals surface area contributed by atoms with Gasteiger partial charge in [-0.15, -0.1) is 11.3 Å². The van der Waals surface area contributed by atoms with Crippen LogP contribution < -0.4 is 10.2 Å². The molecule has 0 atom stereocenters. The fourth-order valence-corrected chi connectivity index (χ4v) is 3.02. The van der Waals surface area contributed by atoms with E-state index in [1.54, 1.807) is 11.4 Å². The van der Waals surface area contributed by atoms with Crippen LogP contribution in [0.3, 0.4) is 0 Å². The van der Waals surface area contributed by atoms with E-state index in [1.165, 1.54) is 17.8 Å². The van der Waals surface area contributed by atoms with Crippen molar-refractivity contribution in [3.05, 3.63) is 16.3 Å². The molecule has 1 saturated carbocycles. The average Bonchev–Trinajstić information content (AvgIpc) is 2.94. The normalized spacial score (nSPS) is 15.7. The molecule has 5 nitrogen and oxygen atoms in total. The summed E-state index contributed by atoms with van der Waals surface area (Å²) in [6.45, 7) is 2.33. The number of hydrogen-bond donors (Lipinski definition) is 1. The van der Waals surface area contributed by atoms with Crippen LogP contribution in [-0.4, -0.2) is 18.5 Å². The molecule has 0 aliphatic heterocycles. The van der Waals surface area contributed by atoms with Crippen LogP contribution in [0.25, 0.3) is 0 Å². The monoisotopic (exact) mass is 297 g/mol. The van der Waals surface area contributed by atoms with Crippen LogP contribution in [0.1, 0.15) is 48.7 Å². The summed E-state index contributed by atoms with van der Waals surface area (Å²) in [6, 6.07) is 1.73. The van der Waals surface area contributed by atoms with Gasteiger partial charge in [0, 0.05) is 0 Å². The molecule has 1 aliphatic rings. The first-order valence-electron chi connectivity index (χ1n) is 6.93. The Hall–Kier alpha value is -1.56. The van der Waals surface area contributed by atoms with Gasteiger partial charge in [-0.25, -0.2) is 4.79 Å². The molecular formula is C14H19NO4S.